The van der Waals surface area contributed by atoms with E-state index in [-0.39, 0.29) is 31.7 Å². The maximum Gasteiger partial charge on any atom is 0.410 e. The Morgan fingerprint density at radius 2 is 1.57 bits per heavy atom. The van der Waals surface area contributed by atoms with Crippen LogP contribution in [0.2, 0.25) is 0 Å². The van der Waals surface area contributed by atoms with Crippen LogP contribution in [0.3, 0.4) is 0 Å². The topological polar surface area (TPSA) is 90.3 Å². The molecule has 1 fully saturated rings. The number of rotatable bonds is 5. The molecule has 1 aliphatic carbocycles. The molecule has 2 aromatic rings. The van der Waals surface area contributed by atoms with Crippen molar-refractivity contribution in [1.29, 1.82) is 0 Å². The number of hydrogen-bond acceptors (Lipinski definition) is 4. The highest BCUT2D eigenvalue weighted by molar-refractivity contribution is 5.79. The number of carbonyl (C=O) groups excluding carboxylic acids is 1. The lowest BCUT2D eigenvalue weighted by Crippen LogP contribution is -2.49. The molecule has 158 valence electrons. The Labute approximate surface area is 175 Å². The molecule has 0 spiro atoms. The SMILES string of the molecule is O=C(O)N1CCC(N(CCO)C(=O)OCC2c3ccccc3-c3ccccc32)CC1. The van der Waals surface area contributed by atoms with Crippen LogP contribution in [0.25, 0.3) is 11.1 Å². The molecule has 7 nitrogen and oxygen atoms in total. The summed E-state index contributed by atoms with van der Waals surface area (Å²) in [5, 5.41) is 18.6. The number of benzene rings is 2. The molecular weight excluding hydrogens is 384 g/mol. The van der Waals surface area contributed by atoms with Gasteiger partial charge in [0.1, 0.15) is 6.61 Å². The Morgan fingerprint density at radius 3 is 2.10 bits per heavy atom. The van der Waals surface area contributed by atoms with Crippen LogP contribution in [0.4, 0.5) is 9.59 Å². The van der Waals surface area contributed by atoms with Gasteiger partial charge in [0.25, 0.3) is 0 Å². The highest BCUT2D eigenvalue weighted by atomic mass is 16.6. The number of ether oxygens (including phenoxy) is 1. The molecule has 0 saturated carbocycles. The standard InChI is InChI=1S/C23H26N2O5/c26-14-13-25(16-9-11-24(12-10-16)22(27)28)23(29)30-15-21-19-7-3-1-5-17(19)18-6-2-4-8-20(18)21/h1-8,16,21,26H,9-15H2,(H,27,28). The normalized spacial score (nSPS) is 16.1. The van der Waals surface area contributed by atoms with Gasteiger partial charge in [0, 0.05) is 31.6 Å². The van der Waals surface area contributed by atoms with Crippen molar-refractivity contribution in [2.24, 2.45) is 0 Å². The third-order valence-electron chi connectivity index (χ3n) is 6.09. The fourth-order valence-corrected chi connectivity index (χ4v) is 4.58. The molecule has 2 aromatic carbocycles. The summed E-state index contributed by atoms with van der Waals surface area (Å²) in [6.45, 7) is 0.984. The molecule has 0 unspecified atom stereocenters. The van der Waals surface area contributed by atoms with Gasteiger partial charge in [0.2, 0.25) is 0 Å². The Balaban J connectivity index is 1.45. The summed E-state index contributed by atoms with van der Waals surface area (Å²) in [7, 11) is 0. The first-order chi connectivity index (χ1) is 14.6. The molecule has 1 aliphatic heterocycles. The van der Waals surface area contributed by atoms with Gasteiger partial charge in [0.15, 0.2) is 0 Å². The van der Waals surface area contributed by atoms with E-state index < -0.39 is 12.2 Å². The fraction of sp³-hybridized carbons (Fsp3) is 0.391. The Hall–Kier alpha value is -3.06. The third-order valence-corrected chi connectivity index (χ3v) is 6.09. The molecule has 0 bridgehead atoms. The van der Waals surface area contributed by atoms with Crippen LogP contribution in [0, 0.1) is 0 Å². The molecule has 4 rings (SSSR count). The van der Waals surface area contributed by atoms with Gasteiger partial charge in [0.05, 0.1) is 6.61 Å². The van der Waals surface area contributed by atoms with Gasteiger partial charge in [-0.3, -0.25) is 0 Å². The van der Waals surface area contributed by atoms with Crippen molar-refractivity contribution in [2.75, 3.05) is 32.8 Å². The first-order valence-corrected chi connectivity index (χ1v) is 10.3. The van der Waals surface area contributed by atoms with Crippen LogP contribution in [0.1, 0.15) is 29.9 Å². The number of carboxylic acid groups (broad SMARTS) is 1. The van der Waals surface area contributed by atoms with Crippen molar-refractivity contribution in [3.05, 3.63) is 59.7 Å². The number of carbonyl (C=O) groups is 2. The second-order valence-corrected chi connectivity index (χ2v) is 7.72. The monoisotopic (exact) mass is 410 g/mol. The second kappa shape index (κ2) is 8.75. The van der Waals surface area contributed by atoms with E-state index in [1.54, 1.807) is 4.90 Å². The molecule has 0 atom stereocenters. The van der Waals surface area contributed by atoms with E-state index in [1.165, 1.54) is 16.0 Å². The molecule has 7 heteroatoms. The molecule has 30 heavy (non-hydrogen) atoms. The molecule has 1 heterocycles. The van der Waals surface area contributed by atoms with Gasteiger partial charge in [-0.2, -0.15) is 0 Å². The first kappa shape index (κ1) is 20.2. The van der Waals surface area contributed by atoms with Crippen LogP contribution in [-0.2, 0) is 4.74 Å². The summed E-state index contributed by atoms with van der Waals surface area (Å²) in [4.78, 5) is 26.9. The number of aliphatic hydroxyl groups excluding tert-OH is 1. The average molecular weight is 410 g/mol. The van der Waals surface area contributed by atoms with E-state index >= 15 is 0 Å². The van der Waals surface area contributed by atoms with Gasteiger partial charge in [-0.25, -0.2) is 9.59 Å². The summed E-state index contributed by atoms with van der Waals surface area (Å²) in [6.07, 6.45) is -0.324. The van der Waals surface area contributed by atoms with Crippen molar-refractivity contribution in [3.8, 4) is 11.1 Å². The highest BCUT2D eigenvalue weighted by Crippen LogP contribution is 2.44. The summed E-state index contributed by atoms with van der Waals surface area (Å²) in [5.41, 5.74) is 4.63. The minimum Gasteiger partial charge on any atom is -0.465 e. The van der Waals surface area contributed by atoms with Crippen LogP contribution >= 0.6 is 0 Å². The molecule has 2 N–H and O–H groups in total. The lowest BCUT2D eigenvalue weighted by atomic mass is 9.98. The van der Waals surface area contributed by atoms with E-state index in [4.69, 9.17) is 9.84 Å². The van der Waals surface area contributed by atoms with E-state index in [1.807, 2.05) is 24.3 Å². The average Bonchev–Trinajstić information content (AvgIpc) is 3.10. The maximum atomic E-state index is 12.9. The Morgan fingerprint density at radius 1 is 1.00 bits per heavy atom. The van der Waals surface area contributed by atoms with Crippen LogP contribution < -0.4 is 0 Å². The van der Waals surface area contributed by atoms with Crippen LogP contribution in [0.5, 0.6) is 0 Å². The zero-order chi connectivity index (χ0) is 21.1. The quantitative estimate of drug-likeness (QED) is 0.789. The van der Waals surface area contributed by atoms with Crippen LogP contribution in [0.15, 0.2) is 48.5 Å². The van der Waals surface area contributed by atoms with Gasteiger partial charge in [-0.15, -0.1) is 0 Å². The van der Waals surface area contributed by atoms with Crippen molar-refractivity contribution in [2.45, 2.75) is 24.8 Å². The number of hydrogen-bond donors (Lipinski definition) is 2. The Kier molecular flexibility index (Phi) is 5.90. The predicted molar refractivity (Wildman–Crippen MR) is 111 cm³/mol. The van der Waals surface area contributed by atoms with Gasteiger partial charge >= 0.3 is 12.2 Å². The van der Waals surface area contributed by atoms with Crippen molar-refractivity contribution >= 4 is 12.2 Å². The zero-order valence-electron chi connectivity index (χ0n) is 16.7. The summed E-state index contributed by atoms with van der Waals surface area (Å²) in [6, 6.07) is 16.2. The summed E-state index contributed by atoms with van der Waals surface area (Å²) >= 11 is 0. The predicted octanol–water partition coefficient (Wildman–Crippen LogP) is 3.37. The van der Waals surface area contributed by atoms with E-state index in [9.17, 15) is 14.7 Å². The lowest BCUT2D eigenvalue weighted by molar-refractivity contribution is 0.0550. The van der Waals surface area contributed by atoms with Crippen molar-refractivity contribution in [3.63, 3.8) is 0 Å². The minimum atomic E-state index is -0.941. The van der Waals surface area contributed by atoms with Crippen molar-refractivity contribution in [1.82, 2.24) is 9.80 Å². The summed E-state index contributed by atoms with van der Waals surface area (Å²) < 4.78 is 5.73. The molecule has 0 radical (unpaired) electrons. The minimum absolute atomic E-state index is 0.0221. The van der Waals surface area contributed by atoms with E-state index in [0.717, 1.165) is 11.1 Å². The van der Waals surface area contributed by atoms with E-state index in [0.29, 0.717) is 25.9 Å². The molecule has 1 saturated heterocycles. The highest BCUT2D eigenvalue weighted by Gasteiger charge is 2.32. The number of nitrogens with zero attached hydrogens (tertiary/aromatic N) is 2. The maximum absolute atomic E-state index is 12.9. The fourth-order valence-electron chi connectivity index (χ4n) is 4.58. The summed E-state index contributed by atoms with van der Waals surface area (Å²) in [5.74, 6) is -0.0221. The number of likely N-dealkylation sites (tertiary alicyclic amines) is 1. The number of piperidine rings is 1. The first-order valence-electron chi connectivity index (χ1n) is 10.3. The number of aliphatic hydroxyl groups is 1. The zero-order valence-corrected chi connectivity index (χ0v) is 16.7. The van der Waals surface area contributed by atoms with Gasteiger partial charge in [-0.05, 0) is 35.1 Å². The van der Waals surface area contributed by atoms with E-state index in [2.05, 4.69) is 24.3 Å². The molecule has 2 amide bonds. The number of fused-ring (bicyclic) bond motifs is 3. The molecule has 0 aromatic heterocycles. The van der Waals surface area contributed by atoms with Crippen molar-refractivity contribution < 1.29 is 24.5 Å². The Bertz CT molecular complexity index is 878. The third kappa shape index (κ3) is 3.85. The van der Waals surface area contributed by atoms with Gasteiger partial charge in [-0.1, -0.05) is 48.5 Å². The smallest absolute Gasteiger partial charge is 0.410 e. The van der Waals surface area contributed by atoms with Gasteiger partial charge < -0.3 is 24.7 Å². The largest absolute Gasteiger partial charge is 0.465 e. The molecule has 2 aliphatic rings. The second-order valence-electron chi connectivity index (χ2n) is 7.72. The van der Waals surface area contributed by atoms with Crippen LogP contribution in [-0.4, -0.2) is 71.1 Å². The molecular formula is C23H26N2O5. The number of amides is 2. The lowest BCUT2D eigenvalue weighted by Gasteiger charge is -2.36.